The molecule has 92 valence electrons. The van der Waals surface area contributed by atoms with Crippen molar-refractivity contribution in [3.63, 3.8) is 0 Å². The predicted octanol–water partition coefficient (Wildman–Crippen LogP) is 1.52. The molecule has 8 heteroatoms. The summed E-state index contributed by atoms with van der Waals surface area (Å²) in [5, 5.41) is 8.12. The van der Waals surface area contributed by atoms with Crippen LogP contribution < -0.4 is 5.73 Å². The van der Waals surface area contributed by atoms with E-state index in [1.165, 1.54) is 16.0 Å². The fraction of sp³-hybridized carbons (Fsp3) is 0.200. The molecule has 3 rings (SSSR count). The quantitative estimate of drug-likeness (QED) is 0.674. The molecule has 3 heterocycles. The van der Waals surface area contributed by atoms with Gasteiger partial charge in [0.1, 0.15) is 0 Å². The van der Waals surface area contributed by atoms with Crippen molar-refractivity contribution in [1.29, 1.82) is 0 Å². The highest BCUT2D eigenvalue weighted by atomic mass is 32.1. The van der Waals surface area contributed by atoms with Gasteiger partial charge in [-0.1, -0.05) is 16.6 Å². The second-order valence-electron chi connectivity index (χ2n) is 3.85. The molecule has 0 bridgehead atoms. The van der Waals surface area contributed by atoms with E-state index < -0.39 is 5.95 Å². The van der Waals surface area contributed by atoms with Crippen LogP contribution in [-0.2, 0) is 7.05 Å². The Morgan fingerprint density at radius 1 is 1.39 bits per heavy atom. The molecule has 3 aromatic rings. The number of fused-ring (bicyclic) bond motifs is 1. The van der Waals surface area contributed by atoms with E-state index in [4.69, 9.17) is 5.73 Å². The molecule has 3 aromatic heterocycles. The van der Waals surface area contributed by atoms with Crippen molar-refractivity contribution in [3.05, 3.63) is 17.7 Å². The largest absolute Gasteiger partial charge is 0.375 e. The van der Waals surface area contributed by atoms with Crippen molar-refractivity contribution in [1.82, 2.24) is 25.0 Å². The topological polar surface area (TPSA) is 82.5 Å². The highest BCUT2D eigenvalue weighted by Gasteiger charge is 2.17. The molecule has 18 heavy (non-hydrogen) atoms. The molecule has 0 aliphatic rings. The van der Waals surface area contributed by atoms with E-state index in [1.807, 2.05) is 0 Å². The van der Waals surface area contributed by atoms with Crippen molar-refractivity contribution in [2.45, 2.75) is 6.92 Å². The SMILES string of the molecule is Cc1nnn(C)c1-c1cc2sc(N)nc2nc1F. The first kappa shape index (κ1) is 11.0. The van der Waals surface area contributed by atoms with Crippen LogP contribution in [-0.4, -0.2) is 25.0 Å². The van der Waals surface area contributed by atoms with Gasteiger partial charge in [-0.05, 0) is 13.0 Å². The summed E-state index contributed by atoms with van der Waals surface area (Å²) in [5.41, 5.74) is 7.52. The zero-order valence-corrected chi connectivity index (χ0v) is 10.5. The Hall–Kier alpha value is -2.09. The Bertz CT molecular complexity index is 727. The van der Waals surface area contributed by atoms with Gasteiger partial charge in [0.15, 0.2) is 10.8 Å². The van der Waals surface area contributed by atoms with Gasteiger partial charge >= 0.3 is 0 Å². The van der Waals surface area contributed by atoms with E-state index in [1.54, 1.807) is 20.0 Å². The lowest BCUT2D eigenvalue weighted by molar-refractivity contribution is 0.589. The number of pyridine rings is 1. The van der Waals surface area contributed by atoms with Gasteiger partial charge in [-0.15, -0.1) is 5.10 Å². The molecular weight excluding hydrogens is 255 g/mol. The number of nitrogens with two attached hydrogens (primary N) is 1. The van der Waals surface area contributed by atoms with E-state index in [9.17, 15) is 4.39 Å². The average Bonchev–Trinajstić information content (AvgIpc) is 2.80. The highest BCUT2D eigenvalue weighted by Crippen LogP contribution is 2.30. The Morgan fingerprint density at radius 2 is 2.17 bits per heavy atom. The number of halogens is 1. The molecule has 0 aromatic carbocycles. The number of hydrogen-bond donors (Lipinski definition) is 1. The van der Waals surface area contributed by atoms with Crippen LogP contribution in [0.25, 0.3) is 21.6 Å². The third-order valence-corrected chi connectivity index (χ3v) is 3.42. The summed E-state index contributed by atoms with van der Waals surface area (Å²) in [4.78, 5) is 7.77. The van der Waals surface area contributed by atoms with Gasteiger partial charge in [0.05, 0.1) is 21.7 Å². The maximum absolute atomic E-state index is 14.0. The van der Waals surface area contributed by atoms with Crippen molar-refractivity contribution in [2.24, 2.45) is 7.05 Å². The van der Waals surface area contributed by atoms with Gasteiger partial charge in [0.2, 0.25) is 5.95 Å². The molecule has 0 saturated carbocycles. The van der Waals surface area contributed by atoms with Crippen LogP contribution in [0.1, 0.15) is 5.69 Å². The molecule has 0 aliphatic heterocycles. The molecule has 0 spiro atoms. The molecule has 0 unspecified atom stereocenters. The van der Waals surface area contributed by atoms with E-state index in [0.717, 1.165) is 4.70 Å². The fourth-order valence-electron chi connectivity index (χ4n) is 1.85. The van der Waals surface area contributed by atoms with Crippen LogP contribution in [0.3, 0.4) is 0 Å². The molecule has 0 radical (unpaired) electrons. The van der Waals surface area contributed by atoms with Crippen LogP contribution in [0.15, 0.2) is 6.07 Å². The smallest absolute Gasteiger partial charge is 0.224 e. The zero-order chi connectivity index (χ0) is 12.9. The number of rotatable bonds is 1. The molecule has 0 atom stereocenters. The summed E-state index contributed by atoms with van der Waals surface area (Å²) in [7, 11) is 1.71. The van der Waals surface area contributed by atoms with Crippen molar-refractivity contribution in [2.75, 3.05) is 5.73 Å². The number of nitrogens with zero attached hydrogens (tertiary/aromatic N) is 5. The number of thiazole rings is 1. The molecule has 2 N–H and O–H groups in total. The van der Waals surface area contributed by atoms with E-state index in [-0.39, 0.29) is 0 Å². The lowest BCUT2D eigenvalue weighted by atomic mass is 10.1. The second kappa shape index (κ2) is 3.70. The summed E-state index contributed by atoms with van der Waals surface area (Å²) in [5.74, 6) is -0.596. The third kappa shape index (κ3) is 1.53. The van der Waals surface area contributed by atoms with Crippen molar-refractivity contribution in [3.8, 4) is 11.3 Å². The van der Waals surface area contributed by atoms with Crippen molar-refractivity contribution < 1.29 is 4.39 Å². The van der Waals surface area contributed by atoms with Crippen molar-refractivity contribution >= 4 is 26.8 Å². The zero-order valence-electron chi connectivity index (χ0n) is 9.68. The molecule has 0 fully saturated rings. The van der Waals surface area contributed by atoms with Gasteiger partial charge in [-0.3, -0.25) is 0 Å². The van der Waals surface area contributed by atoms with E-state index >= 15 is 0 Å². The highest BCUT2D eigenvalue weighted by molar-refractivity contribution is 7.22. The normalized spacial score (nSPS) is 11.3. The van der Waals surface area contributed by atoms with Crippen LogP contribution in [0.4, 0.5) is 9.52 Å². The Kier molecular flexibility index (Phi) is 2.27. The molecular formula is C10H9FN6S. The van der Waals surface area contributed by atoms with Gasteiger partial charge in [-0.2, -0.15) is 9.37 Å². The maximum Gasteiger partial charge on any atom is 0.224 e. The summed E-state index contributed by atoms with van der Waals surface area (Å²) in [6.45, 7) is 1.77. The lowest BCUT2D eigenvalue weighted by Gasteiger charge is -2.03. The van der Waals surface area contributed by atoms with Crippen LogP contribution in [0.5, 0.6) is 0 Å². The first-order valence-electron chi connectivity index (χ1n) is 5.15. The Morgan fingerprint density at radius 3 is 2.83 bits per heavy atom. The molecule has 6 nitrogen and oxygen atoms in total. The van der Waals surface area contributed by atoms with Crippen LogP contribution in [0.2, 0.25) is 0 Å². The first-order valence-corrected chi connectivity index (χ1v) is 5.97. The number of nitrogen functional groups attached to an aromatic ring is 1. The molecule has 0 saturated heterocycles. The van der Waals surface area contributed by atoms with Gasteiger partial charge in [0, 0.05) is 7.05 Å². The predicted molar refractivity (Wildman–Crippen MR) is 66.5 cm³/mol. The minimum atomic E-state index is -0.596. The summed E-state index contributed by atoms with van der Waals surface area (Å²) < 4.78 is 16.3. The van der Waals surface area contributed by atoms with Crippen LogP contribution >= 0.6 is 11.3 Å². The lowest BCUT2D eigenvalue weighted by Crippen LogP contribution is -1.98. The van der Waals surface area contributed by atoms with Gasteiger partial charge in [-0.25, -0.2) is 9.67 Å². The molecule has 0 aliphatic carbocycles. The summed E-state index contributed by atoms with van der Waals surface area (Å²) >= 11 is 1.27. The fourth-order valence-corrected chi connectivity index (χ4v) is 2.57. The maximum atomic E-state index is 14.0. The Balaban J connectivity index is 2.32. The summed E-state index contributed by atoms with van der Waals surface area (Å²) in [6, 6.07) is 1.68. The Labute approximate surface area is 105 Å². The van der Waals surface area contributed by atoms with Gasteiger partial charge < -0.3 is 5.73 Å². The average molecular weight is 264 g/mol. The van der Waals surface area contributed by atoms with Gasteiger partial charge in [0.25, 0.3) is 0 Å². The number of anilines is 1. The minimum absolute atomic E-state index is 0.325. The minimum Gasteiger partial charge on any atom is -0.375 e. The van der Waals surface area contributed by atoms with E-state index in [2.05, 4.69) is 20.3 Å². The van der Waals surface area contributed by atoms with E-state index in [0.29, 0.717) is 27.7 Å². The first-order chi connectivity index (χ1) is 8.56. The number of hydrogen-bond acceptors (Lipinski definition) is 6. The molecule has 0 amide bonds. The number of aromatic nitrogens is 5. The third-order valence-electron chi connectivity index (χ3n) is 2.60. The second-order valence-corrected chi connectivity index (χ2v) is 4.91. The van der Waals surface area contributed by atoms with Crippen LogP contribution in [0, 0.1) is 12.9 Å². The monoisotopic (exact) mass is 264 g/mol. The summed E-state index contributed by atoms with van der Waals surface area (Å²) in [6.07, 6.45) is 0. The standard InChI is InChI=1S/C10H9FN6S/c1-4-7(17(2)16-15-4)5-3-6-9(13-8(5)11)14-10(12)18-6/h3H,1-2H3,(H2,12,13,14). The number of aryl methyl sites for hydroxylation is 2.